The summed E-state index contributed by atoms with van der Waals surface area (Å²) in [6.07, 6.45) is 10.6. The molecule has 3 aromatic heterocycles. The van der Waals surface area contributed by atoms with Crippen LogP contribution in [0.2, 0.25) is 0 Å². The van der Waals surface area contributed by atoms with Gasteiger partial charge in [0.25, 0.3) is 0 Å². The number of hydrogen-bond donors (Lipinski definition) is 1. The van der Waals surface area contributed by atoms with Gasteiger partial charge in [-0.3, -0.25) is 4.90 Å². The second kappa shape index (κ2) is 21.1. The molecule has 334 valence electrons. The summed E-state index contributed by atoms with van der Waals surface area (Å²) in [7, 11) is 3.73. The summed E-state index contributed by atoms with van der Waals surface area (Å²) in [5.41, 5.74) is 4.33. The molecule has 2 atom stereocenters. The molecule has 0 unspecified atom stereocenters. The number of ether oxygens (including phenoxy) is 5. The Morgan fingerprint density at radius 2 is 1.85 bits per heavy atom. The molecular formula is C49H46ClFN6O7S. The van der Waals surface area contributed by atoms with E-state index in [0.29, 0.717) is 51.9 Å². The molecule has 0 amide bonds. The van der Waals surface area contributed by atoms with Crippen molar-refractivity contribution in [3.63, 3.8) is 0 Å². The first-order valence-corrected chi connectivity index (χ1v) is 22.1. The molecule has 8 rings (SSSR count). The highest BCUT2D eigenvalue weighted by Gasteiger charge is 2.28. The van der Waals surface area contributed by atoms with E-state index < -0.39 is 18.2 Å². The van der Waals surface area contributed by atoms with Crippen molar-refractivity contribution in [1.82, 2.24) is 29.7 Å². The second-order valence-electron chi connectivity index (χ2n) is 15.5. The molecule has 1 fully saturated rings. The lowest BCUT2D eigenvalue weighted by Gasteiger charge is -2.34. The molecule has 2 bridgehead atoms. The number of benzene rings is 3. The number of carboxylic acids is 1. The Morgan fingerprint density at radius 3 is 2.63 bits per heavy atom. The molecule has 2 aliphatic rings. The topological polar surface area (TPSA) is 141 Å². The summed E-state index contributed by atoms with van der Waals surface area (Å²) >= 11 is 8.03. The van der Waals surface area contributed by atoms with Crippen LogP contribution in [-0.2, 0) is 40.3 Å². The Morgan fingerprint density at radius 1 is 1.03 bits per heavy atom. The average Bonchev–Trinajstić information content (AvgIpc) is 3.69. The smallest absolute Gasteiger partial charge is 0.345 e. The van der Waals surface area contributed by atoms with Crippen LogP contribution in [0.25, 0.3) is 32.0 Å². The van der Waals surface area contributed by atoms with E-state index in [1.807, 2.05) is 30.3 Å². The molecule has 65 heavy (non-hydrogen) atoms. The van der Waals surface area contributed by atoms with Gasteiger partial charge in [-0.25, -0.2) is 29.1 Å². The van der Waals surface area contributed by atoms with Crippen molar-refractivity contribution in [3.05, 3.63) is 136 Å². The number of terminal acetylenes is 1. The first-order valence-electron chi connectivity index (χ1n) is 21.0. The monoisotopic (exact) mass is 916 g/mol. The van der Waals surface area contributed by atoms with Crippen LogP contribution < -0.4 is 14.2 Å². The van der Waals surface area contributed by atoms with Crippen LogP contribution in [0.4, 0.5) is 4.39 Å². The number of nitrogens with zero attached hydrogens (tertiary/aromatic N) is 6. The molecular weight excluding hydrogens is 871 g/mol. The number of hydrogen-bond acceptors (Lipinski definition) is 13. The van der Waals surface area contributed by atoms with E-state index in [0.717, 1.165) is 53.3 Å². The standard InChI is InChI=1S/C49H46ClFN6O7S/c1-4-40(50)42-11-7-10-39-44-47(53-30-54-48(44)65-45(39)31-12-14-34(51)15-13-31)64-43(49(58)59)25-33-24-36(61-29-37(63-42)26-57-22-20-56(2)21-23-57)16-17-41(33)62-28-35-18-19-52-46(55-35)38-9-6-5-8-32(38)27-60-3/h1,5-9,11-19,24,30,37,43H,10,20-23,25-29H2,2-3H3,(H,58,59)/b11-7-,42-40-/t37-,43-/m1/s1. The number of rotatable bonds is 10. The highest BCUT2D eigenvalue weighted by Crippen LogP contribution is 2.42. The van der Waals surface area contributed by atoms with Gasteiger partial charge in [-0.1, -0.05) is 60.0 Å². The Labute approximate surface area is 385 Å². The fourth-order valence-corrected chi connectivity index (χ4v) is 8.92. The van der Waals surface area contributed by atoms with Crippen LogP contribution in [0.5, 0.6) is 17.4 Å². The largest absolute Gasteiger partial charge is 0.490 e. The van der Waals surface area contributed by atoms with Gasteiger partial charge < -0.3 is 33.7 Å². The number of allylic oxidation sites excluding steroid dienone is 3. The van der Waals surface area contributed by atoms with Gasteiger partial charge >= 0.3 is 5.97 Å². The zero-order valence-corrected chi connectivity index (χ0v) is 37.4. The van der Waals surface area contributed by atoms with E-state index in [1.54, 1.807) is 55.8 Å². The third-order valence-corrected chi connectivity index (χ3v) is 12.5. The van der Waals surface area contributed by atoms with Crippen molar-refractivity contribution < 1.29 is 38.0 Å². The molecule has 13 nitrogen and oxygen atoms in total. The lowest BCUT2D eigenvalue weighted by Crippen LogP contribution is -2.48. The number of fused-ring (bicyclic) bond motifs is 2. The number of aliphatic carboxylic acids is 1. The summed E-state index contributed by atoms with van der Waals surface area (Å²) in [6, 6.07) is 20.9. The van der Waals surface area contributed by atoms with Crippen molar-refractivity contribution >= 4 is 39.1 Å². The van der Waals surface area contributed by atoms with Gasteiger partial charge in [0.2, 0.25) is 12.0 Å². The second-order valence-corrected chi connectivity index (χ2v) is 16.9. The normalized spacial score (nSPS) is 18.6. The number of likely N-dealkylation sites (N-methyl/N-ethyl adjacent to an activating group) is 1. The molecule has 3 aromatic carbocycles. The van der Waals surface area contributed by atoms with Gasteiger partial charge in [-0.05, 0) is 72.6 Å². The predicted octanol–water partition coefficient (Wildman–Crippen LogP) is 7.96. The molecule has 0 saturated carbocycles. The van der Waals surface area contributed by atoms with E-state index in [-0.39, 0.29) is 48.5 Å². The number of thiophene rings is 1. The molecule has 0 radical (unpaired) electrons. The van der Waals surface area contributed by atoms with Crippen LogP contribution in [-0.4, -0.2) is 107 Å². The number of carbonyl (C=O) groups is 1. The lowest BCUT2D eigenvalue weighted by molar-refractivity contribution is -0.145. The lowest BCUT2D eigenvalue weighted by atomic mass is 10.0. The van der Waals surface area contributed by atoms with Gasteiger partial charge in [-0.2, -0.15) is 0 Å². The Hall–Kier alpha value is -6.41. The fraction of sp³-hybridized carbons (Fsp3) is 0.286. The molecule has 2 aliphatic heterocycles. The third kappa shape index (κ3) is 11.1. The summed E-state index contributed by atoms with van der Waals surface area (Å²) in [5.74, 6) is 2.62. The molecule has 5 heterocycles. The van der Waals surface area contributed by atoms with Gasteiger partial charge in [0.1, 0.15) is 58.6 Å². The quantitative estimate of drug-likeness (QED) is 0.133. The van der Waals surface area contributed by atoms with Crippen molar-refractivity contribution in [3.8, 4) is 51.6 Å². The Balaban J connectivity index is 1.19. The summed E-state index contributed by atoms with van der Waals surface area (Å²) < 4.78 is 45.5. The van der Waals surface area contributed by atoms with E-state index >= 15 is 0 Å². The SMILES string of the molecule is C#C/C(Cl)=C1\C=C/Cc2c(-c3ccc(F)cc3)sc3ncnc(c23)O[C@@H](C(=O)O)Cc2cc(ccc2OCc2ccnc(-c3ccccc3COC)n2)OC[C@@H](CN2CCN(C)CC2)O1. The minimum Gasteiger partial charge on any atom is -0.490 e. The van der Waals surface area contributed by atoms with Gasteiger partial charge in [0.05, 0.1) is 17.7 Å². The average molecular weight is 917 g/mol. The van der Waals surface area contributed by atoms with E-state index in [9.17, 15) is 14.3 Å². The fourth-order valence-electron chi connectivity index (χ4n) is 7.65. The molecule has 0 spiro atoms. The van der Waals surface area contributed by atoms with Gasteiger partial charge in [0.15, 0.2) is 5.82 Å². The van der Waals surface area contributed by atoms with Crippen LogP contribution in [0.15, 0.2) is 108 Å². The van der Waals surface area contributed by atoms with E-state index in [2.05, 4.69) is 37.7 Å². The van der Waals surface area contributed by atoms with Crippen molar-refractivity contribution in [1.29, 1.82) is 0 Å². The molecule has 6 aromatic rings. The molecule has 0 aliphatic carbocycles. The van der Waals surface area contributed by atoms with Crippen LogP contribution in [0, 0.1) is 18.2 Å². The zero-order valence-electron chi connectivity index (χ0n) is 35.8. The van der Waals surface area contributed by atoms with Crippen LogP contribution in [0.1, 0.15) is 22.4 Å². The van der Waals surface area contributed by atoms with Gasteiger partial charge in [-0.15, -0.1) is 17.8 Å². The Kier molecular flexibility index (Phi) is 14.6. The summed E-state index contributed by atoms with van der Waals surface area (Å²) in [5, 5.41) is 11.3. The highest BCUT2D eigenvalue weighted by molar-refractivity contribution is 7.22. The maximum absolute atomic E-state index is 14.2. The van der Waals surface area contributed by atoms with Crippen molar-refractivity contribution in [2.45, 2.75) is 38.3 Å². The van der Waals surface area contributed by atoms with Crippen LogP contribution >= 0.6 is 22.9 Å². The number of halogens is 2. The minimum absolute atomic E-state index is 0.0453. The molecule has 16 heteroatoms. The number of aromatic nitrogens is 4. The van der Waals surface area contributed by atoms with E-state index in [1.165, 1.54) is 29.8 Å². The first-order chi connectivity index (χ1) is 31.6. The maximum Gasteiger partial charge on any atom is 0.345 e. The van der Waals surface area contributed by atoms with Gasteiger partial charge in [0, 0.05) is 68.5 Å². The number of carboxylic acid groups (broad SMARTS) is 1. The van der Waals surface area contributed by atoms with E-state index in [4.69, 9.17) is 46.7 Å². The first kappa shape index (κ1) is 45.2. The third-order valence-electron chi connectivity index (χ3n) is 11.0. The maximum atomic E-state index is 14.2. The molecule has 1 saturated heterocycles. The Bertz CT molecular complexity index is 2750. The number of methoxy groups -OCH3 is 1. The van der Waals surface area contributed by atoms with Crippen molar-refractivity contribution in [2.75, 3.05) is 53.5 Å². The van der Waals surface area contributed by atoms with Crippen molar-refractivity contribution in [2.24, 2.45) is 0 Å². The summed E-state index contributed by atoms with van der Waals surface area (Å²) in [6.45, 7) is 4.51. The summed E-state index contributed by atoms with van der Waals surface area (Å²) in [4.78, 5) is 37.4. The zero-order chi connectivity index (χ0) is 45.3. The minimum atomic E-state index is -1.43. The molecule has 1 N–H and O–H groups in total. The highest BCUT2D eigenvalue weighted by atomic mass is 35.5. The predicted molar refractivity (Wildman–Crippen MR) is 246 cm³/mol. The van der Waals surface area contributed by atoms with Crippen LogP contribution in [0.3, 0.4) is 0 Å². The number of piperazine rings is 1.